The van der Waals surface area contributed by atoms with Crippen molar-refractivity contribution in [3.8, 4) is 0 Å². The molecule has 0 bridgehead atoms. The fourth-order valence-electron chi connectivity index (χ4n) is 1.64. The Hall–Kier alpha value is -1.18. The monoisotopic (exact) mass is 148 g/mol. The predicted molar refractivity (Wildman–Crippen MR) is 40.0 cm³/mol. The van der Waals surface area contributed by atoms with E-state index in [4.69, 9.17) is 0 Å². The minimum absolute atomic E-state index is 0.0911. The maximum absolute atomic E-state index is 11.1. The fourth-order valence-corrected chi connectivity index (χ4v) is 1.64. The zero-order chi connectivity index (χ0) is 7.84. The van der Waals surface area contributed by atoms with Crippen LogP contribution in [0.2, 0.25) is 0 Å². The van der Waals surface area contributed by atoms with E-state index in [1.54, 1.807) is 18.2 Å². The molecule has 0 aliphatic heterocycles. The molecule has 2 aliphatic carbocycles. The number of allylic oxidation sites excluding steroid dienone is 4. The molecule has 0 N–H and O–H groups in total. The molecule has 1 unspecified atom stereocenters. The Morgan fingerprint density at radius 3 is 2.91 bits per heavy atom. The maximum atomic E-state index is 11.1. The Bertz CT molecular complexity index is 282. The molecule has 1 atom stereocenters. The molecular formula is C9H8O2. The summed E-state index contributed by atoms with van der Waals surface area (Å²) in [7, 11) is 0. The van der Waals surface area contributed by atoms with Gasteiger partial charge in [-0.2, -0.15) is 0 Å². The van der Waals surface area contributed by atoms with Crippen molar-refractivity contribution in [2.45, 2.75) is 12.8 Å². The Morgan fingerprint density at radius 1 is 1.36 bits per heavy atom. The third-order valence-electron chi connectivity index (χ3n) is 2.24. The zero-order valence-corrected chi connectivity index (χ0v) is 6.04. The lowest BCUT2D eigenvalue weighted by Crippen LogP contribution is -2.14. The van der Waals surface area contributed by atoms with Crippen molar-refractivity contribution < 1.29 is 9.59 Å². The quantitative estimate of drug-likeness (QED) is 0.514. The first-order valence-corrected chi connectivity index (χ1v) is 3.74. The molecule has 0 radical (unpaired) electrons. The molecule has 0 amide bonds. The molecule has 0 saturated heterocycles. The molecule has 2 aliphatic rings. The minimum atomic E-state index is -0.104. The number of fused-ring (bicyclic) bond motifs is 1. The lowest BCUT2D eigenvalue weighted by atomic mass is 9.93. The number of carbonyl (C=O) groups excluding carboxylic acids is 2. The van der Waals surface area contributed by atoms with Gasteiger partial charge in [0.05, 0.1) is 5.92 Å². The van der Waals surface area contributed by atoms with Crippen LogP contribution in [0, 0.1) is 5.92 Å². The third-order valence-corrected chi connectivity index (χ3v) is 2.24. The van der Waals surface area contributed by atoms with Crippen LogP contribution in [0.1, 0.15) is 12.8 Å². The van der Waals surface area contributed by atoms with Gasteiger partial charge >= 0.3 is 0 Å². The van der Waals surface area contributed by atoms with E-state index in [9.17, 15) is 9.59 Å². The molecule has 0 aromatic rings. The molecule has 2 rings (SSSR count). The van der Waals surface area contributed by atoms with Gasteiger partial charge in [0.15, 0.2) is 11.6 Å². The van der Waals surface area contributed by atoms with Crippen LogP contribution in [0.4, 0.5) is 0 Å². The van der Waals surface area contributed by atoms with Gasteiger partial charge in [0.2, 0.25) is 0 Å². The average Bonchev–Trinajstić information content (AvgIpc) is 2.35. The van der Waals surface area contributed by atoms with E-state index < -0.39 is 0 Å². The maximum Gasteiger partial charge on any atom is 0.163 e. The van der Waals surface area contributed by atoms with Crippen LogP contribution >= 0.6 is 0 Å². The average molecular weight is 148 g/mol. The predicted octanol–water partition coefficient (Wildman–Crippen LogP) is 1.03. The van der Waals surface area contributed by atoms with Gasteiger partial charge in [-0.15, -0.1) is 0 Å². The summed E-state index contributed by atoms with van der Waals surface area (Å²) >= 11 is 0. The Labute approximate surface area is 64.6 Å². The normalized spacial score (nSPS) is 28.7. The highest BCUT2D eigenvalue weighted by atomic mass is 16.1. The lowest BCUT2D eigenvalue weighted by molar-refractivity contribution is -0.118. The number of ketones is 2. The SMILES string of the molecule is O=C1CCC2C(=O)C=CC=C12. The number of hydrogen-bond acceptors (Lipinski definition) is 2. The van der Waals surface area contributed by atoms with Gasteiger partial charge in [-0.05, 0) is 12.5 Å². The van der Waals surface area contributed by atoms with Gasteiger partial charge < -0.3 is 0 Å². The van der Waals surface area contributed by atoms with Gasteiger partial charge in [0, 0.05) is 12.0 Å². The molecule has 56 valence electrons. The van der Waals surface area contributed by atoms with Crippen LogP contribution in [0.5, 0.6) is 0 Å². The first-order valence-electron chi connectivity index (χ1n) is 3.74. The molecule has 0 heterocycles. The minimum Gasteiger partial charge on any atom is -0.295 e. The summed E-state index contributed by atoms with van der Waals surface area (Å²) in [6.45, 7) is 0. The summed E-state index contributed by atoms with van der Waals surface area (Å²) in [4.78, 5) is 22.2. The molecule has 0 aromatic heterocycles. The number of carbonyl (C=O) groups is 2. The van der Waals surface area contributed by atoms with Crippen LogP contribution in [0.25, 0.3) is 0 Å². The van der Waals surface area contributed by atoms with Crippen molar-refractivity contribution in [3.63, 3.8) is 0 Å². The van der Waals surface area contributed by atoms with E-state index >= 15 is 0 Å². The zero-order valence-electron chi connectivity index (χ0n) is 6.04. The van der Waals surface area contributed by atoms with Crippen molar-refractivity contribution >= 4 is 11.6 Å². The summed E-state index contributed by atoms with van der Waals surface area (Å²) in [6, 6.07) is 0. The number of Topliss-reactive ketones (excluding diaryl/α,β-unsaturated/α-hetero) is 1. The van der Waals surface area contributed by atoms with E-state index in [-0.39, 0.29) is 17.5 Å². The largest absolute Gasteiger partial charge is 0.295 e. The summed E-state index contributed by atoms with van der Waals surface area (Å²) in [6.07, 6.45) is 6.24. The molecule has 2 heteroatoms. The van der Waals surface area contributed by atoms with Gasteiger partial charge in [-0.1, -0.05) is 12.2 Å². The van der Waals surface area contributed by atoms with E-state index in [0.717, 1.165) is 5.57 Å². The lowest BCUT2D eigenvalue weighted by Gasteiger charge is -2.08. The highest BCUT2D eigenvalue weighted by molar-refractivity contribution is 6.09. The summed E-state index contributed by atoms with van der Waals surface area (Å²) in [5, 5.41) is 0. The van der Waals surface area contributed by atoms with Crippen LogP contribution in [-0.2, 0) is 9.59 Å². The standard InChI is InChI=1S/C9H8O2/c10-8-3-1-2-6-7(8)4-5-9(6)11/h1-3,7H,4-5H2. The Balaban J connectivity index is 2.42. The van der Waals surface area contributed by atoms with Crippen molar-refractivity contribution in [2.75, 3.05) is 0 Å². The summed E-state index contributed by atoms with van der Waals surface area (Å²) in [5.41, 5.74) is 0.720. The number of rotatable bonds is 0. The van der Waals surface area contributed by atoms with Gasteiger partial charge in [-0.25, -0.2) is 0 Å². The molecular weight excluding hydrogens is 140 g/mol. The molecule has 1 fully saturated rings. The molecule has 0 aromatic carbocycles. The summed E-state index contributed by atoms with van der Waals surface area (Å²) in [5.74, 6) is 0.133. The van der Waals surface area contributed by atoms with Crippen molar-refractivity contribution in [2.24, 2.45) is 5.92 Å². The highest BCUT2D eigenvalue weighted by Crippen LogP contribution is 2.31. The van der Waals surface area contributed by atoms with Crippen molar-refractivity contribution in [3.05, 3.63) is 23.8 Å². The second kappa shape index (κ2) is 2.16. The summed E-state index contributed by atoms with van der Waals surface area (Å²) < 4.78 is 0. The van der Waals surface area contributed by atoms with Crippen molar-refractivity contribution in [1.82, 2.24) is 0 Å². The van der Waals surface area contributed by atoms with Gasteiger partial charge in [0.1, 0.15) is 0 Å². The molecule has 0 spiro atoms. The van der Waals surface area contributed by atoms with Crippen molar-refractivity contribution in [1.29, 1.82) is 0 Å². The van der Waals surface area contributed by atoms with Crippen LogP contribution in [0.15, 0.2) is 23.8 Å². The number of hydrogen-bond donors (Lipinski definition) is 0. The van der Waals surface area contributed by atoms with E-state index in [2.05, 4.69) is 0 Å². The molecule has 1 saturated carbocycles. The van der Waals surface area contributed by atoms with Crippen LogP contribution < -0.4 is 0 Å². The first kappa shape index (κ1) is 6.53. The Morgan fingerprint density at radius 2 is 2.18 bits per heavy atom. The van der Waals surface area contributed by atoms with Gasteiger partial charge in [0.25, 0.3) is 0 Å². The molecule has 2 nitrogen and oxygen atoms in total. The van der Waals surface area contributed by atoms with Crippen LogP contribution in [0.3, 0.4) is 0 Å². The topological polar surface area (TPSA) is 34.1 Å². The van der Waals surface area contributed by atoms with Crippen LogP contribution in [-0.4, -0.2) is 11.6 Å². The second-order valence-corrected chi connectivity index (χ2v) is 2.90. The second-order valence-electron chi connectivity index (χ2n) is 2.90. The van der Waals surface area contributed by atoms with E-state index in [1.165, 1.54) is 0 Å². The highest BCUT2D eigenvalue weighted by Gasteiger charge is 2.33. The first-order chi connectivity index (χ1) is 5.29. The smallest absolute Gasteiger partial charge is 0.163 e. The Kier molecular flexibility index (Phi) is 1.28. The van der Waals surface area contributed by atoms with Gasteiger partial charge in [-0.3, -0.25) is 9.59 Å². The molecule has 11 heavy (non-hydrogen) atoms. The van der Waals surface area contributed by atoms with E-state index in [1.807, 2.05) is 0 Å². The fraction of sp³-hybridized carbons (Fsp3) is 0.333. The van der Waals surface area contributed by atoms with E-state index in [0.29, 0.717) is 12.8 Å². The third kappa shape index (κ3) is 0.862.